The fourth-order valence-electron chi connectivity index (χ4n) is 2.87. The van der Waals surface area contributed by atoms with E-state index in [4.69, 9.17) is 17.0 Å². The standard InChI is InChI=1S/C13H20N2O3S/c1-9(2)18-12(17)15-10(16)13(14(3)11(15)19)7-5-4-6-8-13/h9H,4-8H2,1-3H3. The molecule has 2 aliphatic rings. The van der Waals surface area contributed by atoms with Crippen LogP contribution < -0.4 is 0 Å². The summed E-state index contributed by atoms with van der Waals surface area (Å²) in [5.74, 6) is -0.217. The van der Waals surface area contributed by atoms with Gasteiger partial charge in [0.1, 0.15) is 5.54 Å². The molecule has 6 heteroatoms. The topological polar surface area (TPSA) is 49.9 Å². The van der Waals surface area contributed by atoms with E-state index in [1.807, 2.05) is 0 Å². The van der Waals surface area contributed by atoms with Crippen LogP contribution in [0.1, 0.15) is 46.0 Å². The van der Waals surface area contributed by atoms with Gasteiger partial charge in [0, 0.05) is 7.05 Å². The summed E-state index contributed by atoms with van der Waals surface area (Å²) >= 11 is 5.25. The van der Waals surface area contributed by atoms with Crippen LogP contribution in [0.25, 0.3) is 0 Å². The molecule has 0 unspecified atom stereocenters. The number of carbonyl (C=O) groups excluding carboxylic acids is 2. The maximum Gasteiger partial charge on any atom is 0.423 e. The lowest BCUT2D eigenvalue weighted by molar-refractivity contribution is -0.133. The molecule has 0 radical (unpaired) electrons. The predicted octanol–water partition coefficient (Wildman–Crippen LogP) is 2.29. The quantitative estimate of drug-likeness (QED) is 0.691. The van der Waals surface area contributed by atoms with Gasteiger partial charge in [-0.1, -0.05) is 19.3 Å². The summed E-state index contributed by atoms with van der Waals surface area (Å²) in [7, 11) is 1.80. The first-order valence-corrected chi connectivity index (χ1v) is 7.14. The van der Waals surface area contributed by atoms with Crippen molar-refractivity contribution in [3.05, 3.63) is 0 Å². The van der Waals surface area contributed by atoms with Crippen LogP contribution in [0.2, 0.25) is 0 Å². The maximum atomic E-state index is 12.6. The Morgan fingerprint density at radius 2 is 1.89 bits per heavy atom. The summed E-state index contributed by atoms with van der Waals surface area (Å²) in [6, 6.07) is 0. The highest BCUT2D eigenvalue weighted by atomic mass is 32.1. The fourth-order valence-corrected chi connectivity index (χ4v) is 3.21. The Bertz CT molecular complexity index is 416. The molecule has 0 N–H and O–H groups in total. The molecule has 106 valence electrons. The Labute approximate surface area is 118 Å². The van der Waals surface area contributed by atoms with Gasteiger partial charge in [-0.2, -0.15) is 4.90 Å². The average molecular weight is 284 g/mol. The van der Waals surface area contributed by atoms with Gasteiger partial charge in [-0.25, -0.2) is 4.79 Å². The van der Waals surface area contributed by atoms with Gasteiger partial charge in [-0.05, 0) is 38.9 Å². The molecular formula is C13H20N2O3S. The number of carbonyl (C=O) groups is 2. The number of imide groups is 1. The van der Waals surface area contributed by atoms with Crippen LogP contribution >= 0.6 is 12.2 Å². The summed E-state index contributed by atoms with van der Waals surface area (Å²) in [6.07, 6.45) is 3.71. The summed E-state index contributed by atoms with van der Waals surface area (Å²) < 4.78 is 5.11. The van der Waals surface area contributed by atoms with E-state index in [0.29, 0.717) is 0 Å². The first kappa shape index (κ1) is 14.2. The number of hydrogen-bond donors (Lipinski definition) is 0. The van der Waals surface area contributed by atoms with Crippen molar-refractivity contribution in [2.24, 2.45) is 0 Å². The van der Waals surface area contributed by atoms with Gasteiger partial charge in [-0.15, -0.1) is 0 Å². The molecule has 19 heavy (non-hydrogen) atoms. The molecule has 0 aromatic rings. The minimum Gasteiger partial charge on any atom is -0.446 e. The van der Waals surface area contributed by atoms with Crippen molar-refractivity contribution >= 4 is 29.3 Å². The van der Waals surface area contributed by atoms with E-state index in [1.165, 1.54) is 0 Å². The first-order chi connectivity index (χ1) is 8.90. The SMILES string of the molecule is CC(C)OC(=O)N1C(=O)C2(CCCCC2)N(C)C1=S. The molecule has 1 heterocycles. The molecule has 1 aliphatic heterocycles. The Morgan fingerprint density at radius 1 is 1.32 bits per heavy atom. The highest BCUT2D eigenvalue weighted by Crippen LogP contribution is 2.39. The number of thiocarbonyl (C=S) groups is 1. The van der Waals surface area contributed by atoms with E-state index in [-0.39, 0.29) is 17.1 Å². The highest BCUT2D eigenvalue weighted by molar-refractivity contribution is 7.80. The van der Waals surface area contributed by atoms with Gasteiger partial charge >= 0.3 is 6.09 Å². The van der Waals surface area contributed by atoms with Crippen LogP contribution in [0, 0.1) is 0 Å². The van der Waals surface area contributed by atoms with Gasteiger partial charge in [0.25, 0.3) is 5.91 Å². The lowest BCUT2D eigenvalue weighted by atomic mass is 9.81. The molecule has 0 aromatic heterocycles. The van der Waals surface area contributed by atoms with Crippen molar-refractivity contribution in [2.45, 2.75) is 57.6 Å². The van der Waals surface area contributed by atoms with Crippen molar-refractivity contribution in [1.29, 1.82) is 0 Å². The zero-order chi connectivity index (χ0) is 14.2. The van der Waals surface area contributed by atoms with E-state index in [1.54, 1.807) is 25.8 Å². The Hall–Kier alpha value is -1.17. The van der Waals surface area contributed by atoms with E-state index >= 15 is 0 Å². The number of ether oxygens (including phenoxy) is 1. The van der Waals surface area contributed by atoms with Crippen LogP contribution in [0.15, 0.2) is 0 Å². The Balaban J connectivity index is 2.26. The van der Waals surface area contributed by atoms with Crippen molar-refractivity contribution in [3.8, 4) is 0 Å². The third-order valence-electron chi connectivity index (χ3n) is 3.92. The molecular weight excluding hydrogens is 264 g/mol. The molecule has 0 bridgehead atoms. The van der Waals surface area contributed by atoms with E-state index in [2.05, 4.69) is 0 Å². The summed E-state index contributed by atoms with van der Waals surface area (Å²) in [5.41, 5.74) is -0.620. The van der Waals surface area contributed by atoms with Crippen LogP contribution in [0.4, 0.5) is 4.79 Å². The van der Waals surface area contributed by atoms with Crippen LogP contribution in [0.3, 0.4) is 0 Å². The van der Waals surface area contributed by atoms with E-state index in [0.717, 1.165) is 37.0 Å². The molecule has 2 fully saturated rings. The van der Waals surface area contributed by atoms with Gasteiger partial charge in [0.15, 0.2) is 5.11 Å². The Kier molecular flexibility index (Phi) is 3.80. The third-order valence-corrected chi connectivity index (χ3v) is 4.38. The van der Waals surface area contributed by atoms with Crippen molar-refractivity contribution < 1.29 is 14.3 Å². The maximum absolute atomic E-state index is 12.6. The molecule has 1 aliphatic carbocycles. The van der Waals surface area contributed by atoms with Crippen LogP contribution in [-0.2, 0) is 9.53 Å². The summed E-state index contributed by atoms with van der Waals surface area (Å²) in [4.78, 5) is 27.5. The summed E-state index contributed by atoms with van der Waals surface area (Å²) in [5, 5.41) is 0.262. The Morgan fingerprint density at radius 3 is 2.42 bits per heavy atom. The van der Waals surface area contributed by atoms with Gasteiger partial charge < -0.3 is 9.64 Å². The number of nitrogens with zero attached hydrogens (tertiary/aromatic N) is 2. The molecule has 0 aromatic carbocycles. The van der Waals surface area contributed by atoms with Crippen molar-refractivity contribution in [2.75, 3.05) is 7.05 Å². The number of likely N-dealkylation sites (N-methyl/N-ethyl adjacent to an activating group) is 1. The van der Waals surface area contributed by atoms with Gasteiger partial charge in [0.2, 0.25) is 0 Å². The number of amides is 2. The smallest absolute Gasteiger partial charge is 0.423 e. The molecule has 2 rings (SSSR count). The highest BCUT2D eigenvalue weighted by Gasteiger charge is 2.56. The van der Waals surface area contributed by atoms with Gasteiger partial charge in [-0.3, -0.25) is 4.79 Å². The monoisotopic (exact) mass is 284 g/mol. The van der Waals surface area contributed by atoms with E-state index < -0.39 is 11.6 Å². The minimum absolute atomic E-state index is 0.217. The third kappa shape index (κ3) is 2.22. The van der Waals surface area contributed by atoms with Crippen molar-refractivity contribution in [3.63, 3.8) is 0 Å². The second kappa shape index (κ2) is 5.07. The zero-order valence-corrected chi connectivity index (χ0v) is 12.5. The normalized spacial score (nSPS) is 22.5. The van der Waals surface area contributed by atoms with Gasteiger partial charge in [0.05, 0.1) is 6.10 Å². The van der Waals surface area contributed by atoms with Crippen LogP contribution in [-0.4, -0.2) is 45.6 Å². The number of rotatable bonds is 1. The lowest BCUT2D eigenvalue weighted by Crippen LogP contribution is -2.49. The van der Waals surface area contributed by atoms with Crippen LogP contribution in [0.5, 0.6) is 0 Å². The van der Waals surface area contributed by atoms with Crippen molar-refractivity contribution in [1.82, 2.24) is 9.80 Å². The minimum atomic E-state index is -0.653. The lowest BCUT2D eigenvalue weighted by Gasteiger charge is -2.36. The zero-order valence-electron chi connectivity index (χ0n) is 11.6. The molecule has 2 amide bonds. The average Bonchev–Trinajstić information content (AvgIpc) is 2.53. The number of hydrogen-bond acceptors (Lipinski definition) is 4. The second-order valence-corrected chi connectivity index (χ2v) is 5.87. The van der Waals surface area contributed by atoms with E-state index in [9.17, 15) is 9.59 Å². The largest absolute Gasteiger partial charge is 0.446 e. The molecule has 1 saturated heterocycles. The molecule has 1 spiro atoms. The summed E-state index contributed by atoms with van der Waals surface area (Å²) in [6.45, 7) is 3.50. The first-order valence-electron chi connectivity index (χ1n) is 6.73. The molecule has 1 saturated carbocycles. The molecule has 0 atom stereocenters. The fraction of sp³-hybridized carbons (Fsp3) is 0.769. The predicted molar refractivity (Wildman–Crippen MR) is 74.6 cm³/mol. The molecule has 5 nitrogen and oxygen atoms in total. The second-order valence-electron chi connectivity index (χ2n) is 5.51.